The highest BCUT2D eigenvalue weighted by Gasteiger charge is 2.31. The molecule has 2 aromatic rings. The molecule has 0 radical (unpaired) electrons. The van der Waals surface area contributed by atoms with Crippen molar-refractivity contribution < 1.29 is 35.9 Å². The van der Waals surface area contributed by atoms with Crippen molar-refractivity contribution in [3.05, 3.63) is 53.6 Å². The number of benzene rings is 2. The minimum absolute atomic E-state index is 0.0926. The number of carbonyl (C=O) groups is 1. The first-order chi connectivity index (χ1) is 12.0. The number of hydrogen-bond acceptors (Lipinski definition) is 5. The zero-order valence-electron chi connectivity index (χ0n) is 13.6. The van der Waals surface area contributed by atoms with Crippen molar-refractivity contribution >= 4 is 21.7 Å². The van der Waals surface area contributed by atoms with E-state index in [9.17, 15) is 26.4 Å². The average molecular weight is 389 g/mol. The lowest BCUT2D eigenvalue weighted by molar-refractivity contribution is -0.274. The van der Waals surface area contributed by atoms with Gasteiger partial charge in [-0.3, -0.25) is 4.72 Å². The molecule has 1 N–H and O–H groups in total. The molecule has 0 spiro atoms. The predicted molar refractivity (Wildman–Crippen MR) is 86.5 cm³/mol. The smallest absolute Gasteiger partial charge is 0.465 e. The van der Waals surface area contributed by atoms with Crippen molar-refractivity contribution in [2.45, 2.75) is 18.2 Å². The highest BCUT2D eigenvalue weighted by molar-refractivity contribution is 7.92. The van der Waals surface area contributed by atoms with E-state index < -0.39 is 33.0 Å². The maximum Gasteiger partial charge on any atom is 0.573 e. The molecular formula is C16H14F3NO5S. The van der Waals surface area contributed by atoms with E-state index in [1.807, 2.05) is 0 Å². The van der Waals surface area contributed by atoms with Crippen LogP contribution in [0, 0.1) is 6.92 Å². The molecule has 2 aromatic carbocycles. The Morgan fingerprint density at radius 3 is 2.42 bits per heavy atom. The van der Waals surface area contributed by atoms with Crippen LogP contribution in [0.4, 0.5) is 18.9 Å². The summed E-state index contributed by atoms with van der Waals surface area (Å²) >= 11 is 0. The second kappa shape index (κ2) is 7.24. The fourth-order valence-electron chi connectivity index (χ4n) is 2.02. The molecule has 0 heterocycles. The van der Waals surface area contributed by atoms with Crippen molar-refractivity contribution in [2.75, 3.05) is 11.8 Å². The summed E-state index contributed by atoms with van der Waals surface area (Å²) in [5.74, 6) is -1.33. The number of sulfonamides is 1. The first kappa shape index (κ1) is 19.6. The Bertz CT molecular complexity index is 926. The lowest BCUT2D eigenvalue weighted by atomic mass is 10.1. The van der Waals surface area contributed by atoms with Crippen molar-refractivity contribution in [1.82, 2.24) is 0 Å². The van der Waals surface area contributed by atoms with Crippen LogP contribution < -0.4 is 9.46 Å². The number of aryl methyl sites for hydroxylation is 1. The molecule has 0 unspecified atom stereocenters. The molecular weight excluding hydrogens is 375 g/mol. The summed E-state index contributed by atoms with van der Waals surface area (Å²) < 4.78 is 72.3. The van der Waals surface area contributed by atoms with E-state index in [1.165, 1.54) is 25.3 Å². The van der Waals surface area contributed by atoms with Crippen LogP contribution in [0.5, 0.6) is 5.75 Å². The Balaban J connectivity index is 2.35. The highest BCUT2D eigenvalue weighted by Crippen LogP contribution is 2.27. The summed E-state index contributed by atoms with van der Waals surface area (Å²) in [6.07, 6.45) is -4.94. The van der Waals surface area contributed by atoms with Crippen LogP contribution in [-0.4, -0.2) is 27.9 Å². The number of ether oxygens (including phenoxy) is 2. The number of carbonyl (C=O) groups excluding carboxylic acids is 1. The van der Waals surface area contributed by atoms with Gasteiger partial charge in [-0.1, -0.05) is 12.1 Å². The van der Waals surface area contributed by atoms with Gasteiger partial charge in [-0.15, -0.1) is 13.2 Å². The van der Waals surface area contributed by atoms with Crippen LogP contribution in [-0.2, 0) is 14.8 Å². The van der Waals surface area contributed by atoms with Crippen molar-refractivity contribution in [3.8, 4) is 5.75 Å². The molecule has 0 amide bonds. The van der Waals surface area contributed by atoms with E-state index in [4.69, 9.17) is 0 Å². The third kappa shape index (κ3) is 4.88. The molecule has 0 fully saturated rings. The van der Waals surface area contributed by atoms with E-state index in [1.54, 1.807) is 6.92 Å². The van der Waals surface area contributed by atoms with Crippen LogP contribution in [0.1, 0.15) is 15.9 Å². The molecule has 0 aliphatic heterocycles. The number of anilines is 1. The quantitative estimate of drug-likeness (QED) is 0.792. The number of rotatable bonds is 5. The van der Waals surface area contributed by atoms with Crippen LogP contribution >= 0.6 is 0 Å². The summed E-state index contributed by atoms with van der Waals surface area (Å²) in [4.78, 5) is 11.1. The summed E-state index contributed by atoms with van der Waals surface area (Å²) in [6.45, 7) is 1.60. The summed E-state index contributed by atoms with van der Waals surface area (Å²) in [5.41, 5.74) is 0.712. The number of esters is 1. The number of nitrogens with one attached hydrogen (secondary N) is 1. The standard InChI is InChI=1S/C16H14F3NO5S/c1-10-6-7-11(15(21)24-2)8-14(10)20-26(22,23)13-5-3-4-12(9-13)25-16(17,18)19/h3-9,20H,1-2H3. The van der Waals surface area contributed by atoms with Gasteiger partial charge in [0.1, 0.15) is 5.75 Å². The third-order valence-electron chi connectivity index (χ3n) is 3.25. The van der Waals surface area contributed by atoms with Gasteiger partial charge in [-0.2, -0.15) is 0 Å². The Hall–Kier alpha value is -2.75. The largest absolute Gasteiger partial charge is 0.573 e. The van der Waals surface area contributed by atoms with Crippen molar-refractivity contribution in [3.63, 3.8) is 0 Å². The average Bonchev–Trinajstić information content (AvgIpc) is 2.54. The Labute approximate surface area is 147 Å². The number of alkyl halides is 3. The number of halogens is 3. The summed E-state index contributed by atoms with van der Waals surface area (Å²) in [5, 5.41) is 0. The fraction of sp³-hybridized carbons (Fsp3) is 0.188. The second-order valence-corrected chi connectivity index (χ2v) is 6.83. The molecule has 10 heteroatoms. The van der Waals surface area contributed by atoms with Crippen LogP contribution in [0.25, 0.3) is 0 Å². The molecule has 0 atom stereocenters. The fourth-order valence-corrected chi connectivity index (χ4v) is 3.18. The van der Waals surface area contributed by atoms with Crippen LogP contribution in [0.3, 0.4) is 0 Å². The van der Waals surface area contributed by atoms with Gasteiger partial charge >= 0.3 is 12.3 Å². The van der Waals surface area contributed by atoms with Gasteiger partial charge < -0.3 is 9.47 Å². The third-order valence-corrected chi connectivity index (χ3v) is 4.62. The van der Waals surface area contributed by atoms with E-state index >= 15 is 0 Å². The van der Waals surface area contributed by atoms with Crippen LogP contribution in [0.2, 0.25) is 0 Å². The molecule has 6 nitrogen and oxygen atoms in total. The van der Waals surface area contributed by atoms with Gasteiger partial charge in [-0.05, 0) is 36.8 Å². The van der Waals surface area contributed by atoms with Gasteiger partial charge in [-0.25, -0.2) is 13.2 Å². The zero-order valence-corrected chi connectivity index (χ0v) is 14.4. The van der Waals surface area contributed by atoms with Gasteiger partial charge in [0, 0.05) is 6.07 Å². The molecule has 0 aliphatic carbocycles. The molecule has 0 aliphatic rings. The highest BCUT2D eigenvalue weighted by atomic mass is 32.2. The topological polar surface area (TPSA) is 81.7 Å². The Kier molecular flexibility index (Phi) is 5.45. The first-order valence-corrected chi connectivity index (χ1v) is 8.58. The summed E-state index contributed by atoms with van der Waals surface area (Å²) in [6, 6.07) is 8.20. The molecule has 2 rings (SSSR count). The minimum Gasteiger partial charge on any atom is -0.465 e. The Morgan fingerprint density at radius 2 is 1.81 bits per heavy atom. The molecule has 0 saturated carbocycles. The molecule has 0 bridgehead atoms. The first-order valence-electron chi connectivity index (χ1n) is 7.09. The molecule has 140 valence electrons. The zero-order chi connectivity index (χ0) is 19.5. The lowest BCUT2D eigenvalue weighted by Gasteiger charge is -2.13. The van der Waals surface area contributed by atoms with Gasteiger partial charge in [0.05, 0.1) is 23.3 Å². The van der Waals surface area contributed by atoms with Gasteiger partial charge in [0.25, 0.3) is 10.0 Å². The van der Waals surface area contributed by atoms with E-state index in [0.717, 1.165) is 24.3 Å². The van der Waals surface area contributed by atoms with Gasteiger partial charge in [0.15, 0.2) is 0 Å². The van der Waals surface area contributed by atoms with E-state index in [-0.39, 0.29) is 11.3 Å². The minimum atomic E-state index is -4.94. The molecule has 0 aromatic heterocycles. The lowest BCUT2D eigenvalue weighted by Crippen LogP contribution is -2.18. The number of hydrogen-bond donors (Lipinski definition) is 1. The number of methoxy groups -OCH3 is 1. The van der Waals surface area contributed by atoms with Crippen molar-refractivity contribution in [1.29, 1.82) is 0 Å². The van der Waals surface area contributed by atoms with Crippen molar-refractivity contribution in [2.24, 2.45) is 0 Å². The maximum atomic E-state index is 12.5. The molecule has 0 saturated heterocycles. The monoisotopic (exact) mass is 389 g/mol. The van der Waals surface area contributed by atoms with E-state index in [0.29, 0.717) is 5.56 Å². The Morgan fingerprint density at radius 1 is 1.12 bits per heavy atom. The molecule has 26 heavy (non-hydrogen) atoms. The second-order valence-electron chi connectivity index (χ2n) is 5.15. The van der Waals surface area contributed by atoms with Gasteiger partial charge in [0.2, 0.25) is 0 Å². The van der Waals surface area contributed by atoms with Crippen LogP contribution in [0.15, 0.2) is 47.4 Å². The van der Waals surface area contributed by atoms with E-state index in [2.05, 4.69) is 14.2 Å². The summed E-state index contributed by atoms with van der Waals surface area (Å²) in [7, 11) is -3.03. The predicted octanol–water partition coefficient (Wildman–Crippen LogP) is 3.48. The normalized spacial score (nSPS) is 11.7. The SMILES string of the molecule is COC(=O)c1ccc(C)c(NS(=O)(=O)c2cccc(OC(F)(F)F)c2)c1. The maximum absolute atomic E-state index is 12.5.